The first-order chi connectivity index (χ1) is 9.63. The van der Waals surface area contributed by atoms with E-state index >= 15 is 0 Å². The lowest BCUT2D eigenvalue weighted by Gasteiger charge is -2.35. The Morgan fingerprint density at radius 3 is 2.80 bits per heavy atom. The average Bonchev–Trinajstić information content (AvgIpc) is 2.76. The maximum absolute atomic E-state index is 9.85. The van der Waals surface area contributed by atoms with Gasteiger partial charge < -0.3 is 5.11 Å². The van der Waals surface area contributed by atoms with Crippen molar-refractivity contribution in [3.63, 3.8) is 0 Å². The van der Waals surface area contributed by atoms with Crippen LogP contribution in [0.3, 0.4) is 0 Å². The number of fused-ring (bicyclic) bond motifs is 1. The van der Waals surface area contributed by atoms with Gasteiger partial charge in [-0.15, -0.1) is 0 Å². The molecule has 0 unspecified atom stereocenters. The fraction of sp³-hybridized carbons (Fsp3) is 0.571. The Labute approximate surface area is 131 Å². The maximum Gasteiger partial charge on any atom is 0.137 e. The van der Waals surface area contributed by atoms with Gasteiger partial charge in [-0.3, -0.25) is 4.68 Å². The van der Waals surface area contributed by atoms with Crippen molar-refractivity contribution in [3.8, 4) is 0 Å². The molecule has 20 heavy (non-hydrogen) atoms. The number of aliphatic hydroxyl groups is 1. The lowest BCUT2D eigenvalue weighted by molar-refractivity contribution is 0.0623. The second-order valence-corrected chi connectivity index (χ2v) is 6.83. The number of hydrogen-bond donors (Lipinski definition) is 1. The first-order valence-corrected chi connectivity index (χ1v) is 8.09. The van der Waals surface area contributed by atoms with E-state index in [-0.39, 0.29) is 12.0 Å². The Hall–Kier alpha value is -0.650. The van der Waals surface area contributed by atoms with Gasteiger partial charge in [0.05, 0.1) is 17.5 Å². The van der Waals surface area contributed by atoms with Crippen molar-refractivity contribution < 1.29 is 5.11 Å². The van der Waals surface area contributed by atoms with Crippen LogP contribution in [0.5, 0.6) is 0 Å². The molecule has 0 bridgehead atoms. The van der Waals surface area contributed by atoms with E-state index in [4.69, 9.17) is 11.6 Å². The summed E-state index contributed by atoms with van der Waals surface area (Å²) in [6, 6.07) is 1.84. The smallest absolute Gasteiger partial charge is 0.137 e. The van der Waals surface area contributed by atoms with Crippen LogP contribution in [-0.2, 0) is 6.54 Å². The van der Waals surface area contributed by atoms with Crippen molar-refractivity contribution in [1.29, 1.82) is 0 Å². The van der Waals surface area contributed by atoms with Crippen molar-refractivity contribution >= 4 is 38.4 Å². The SMILES string of the molecule is OCC1(Cn2nc(Br)c3cnc(Cl)cc32)CCCCC1. The van der Waals surface area contributed by atoms with Gasteiger partial charge in [-0.1, -0.05) is 30.9 Å². The third kappa shape index (κ3) is 2.59. The van der Waals surface area contributed by atoms with E-state index in [0.717, 1.165) is 34.9 Å². The van der Waals surface area contributed by atoms with Crippen LogP contribution < -0.4 is 0 Å². The van der Waals surface area contributed by atoms with E-state index in [0.29, 0.717) is 5.15 Å². The number of halogens is 2. The Balaban J connectivity index is 1.99. The number of hydrogen-bond acceptors (Lipinski definition) is 3. The van der Waals surface area contributed by atoms with Crippen LogP contribution in [0.4, 0.5) is 0 Å². The molecule has 1 aliphatic carbocycles. The topological polar surface area (TPSA) is 50.9 Å². The van der Waals surface area contributed by atoms with E-state index in [9.17, 15) is 5.11 Å². The highest BCUT2D eigenvalue weighted by Gasteiger charge is 2.32. The quantitative estimate of drug-likeness (QED) is 0.849. The highest BCUT2D eigenvalue weighted by molar-refractivity contribution is 9.10. The Kier molecular flexibility index (Phi) is 4.02. The van der Waals surface area contributed by atoms with Crippen molar-refractivity contribution in [3.05, 3.63) is 22.0 Å². The van der Waals surface area contributed by atoms with Gasteiger partial charge in [-0.25, -0.2) is 4.98 Å². The van der Waals surface area contributed by atoms with Crippen molar-refractivity contribution in [2.24, 2.45) is 5.41 Å². The number of aromatic nitrogens is 3. The molecular weight excluding hydrogens is 342 g/mol. The third-order valence-corrected chi connectivity index (χ3v) is 5.08. The zero-order valence-corrected chi connectivity index (χ0v) is 13.5. The minimum absolute atomic E-state index is 0.0492. The average molecular weight is 359 g/mol. The maximum atomic E-state index is 9.85. The van der Waals surface area contributed by atoms with Crippen LogP contribution >= 0.6 is 27.5 Å². The van der Waals surface area contributed by atoms with Crippen LogP contribution in [-0.4, -0.2) is 26.5 Å². The second-order valence-electron chi connectivity index (χ2n) is 5.69. The van der Waals surface area contributed by atoms with Crippen molar-refractivity contribution in [2.45, 2.75) is 38.6 Å². The van der Waals surface area contributed by atoms with E-state index in [2.05, 4.69) is 26.0 Å². The van der Waals surface area contributed by atoms with E-state index < -0.39 is 0 Å². The predicted octanol–water partition coefficient (Wildman–Crippen LogP) is 3.79. The van der Waals surface area contributed by atoms with Gasteiger partial charge in [-0.05, 0) is 28.8 Å². The predicted molar refractivity (Wildman–Crippen MR) is 82.8 cm³/mol. The zero-order valence-electron chi connectivity index (χ0n) is 11.1. The summed E-state index contributed by atoms with van der Waals surface area (Å²) in [7, 11) is 0. The molecule has 1 fully saturated rings. The van der Waals surface area contributed by atoms with Crippen LogP contribution in [0.1, 0.15) is 32.1 Å². The molecule has 6 heteroatoms. The molecule has 0 spiro atoms. The summed E-state index contributed by atoms with van der Waals surface area (Å²) in [6.07, 6.45) is 7.48. The zero-order chi connectivity index (χ0) is 14.2. The first-order valence-electron chi connectivity index (χ1n) is 6.92. The first kappa shape index (κ1) is 14.3. The number of nitrogens with zero attached hydrogens (tertiary/aromatic N) is 3. The van der Waals surface area contributed by atoms with Crippen LogP contribution in [0.2, 0.25) is 5.15 Å². The summed E-state index contributed by atoms with van der Waals surface area (Å²) in [5.74, 6) is 0. The summed E-state index contributed by atoms with van der Waals surface area (Å²) in [5, 5.41) is 15.8. The summed E-state index contributed by atoms with van der Waals surface area (Å²) in [4.78, 5) is 4.10. The Morgan fingerprint density at radius 1 is 1.35 bits per heavy atom. The summed E-state index contributed by atoms with van der Waals surface area (Å²) < 4.78 is 2.73. The minimum Gasteiger partial charge on any atom is -0.396 e. The van der Waals surface area contributed by atoms with Gasteiger partial charge in [-0.2, -0.15) is 5.10 Å². The Morgan fingerprint density at radius 2 is 2.10 bits per heavy atom. The molecule has 0 radical (unpaired) electrons. The second kappa shape index (κ2) is 5.62. The van der Waals surface area contributed by atoms with Gasteiger partial charge in [0.15, 0.2) is 0 Å². The van der Waals surface area contributed by atoms with Gasteiger partial charge in [0.2, 0.25) is 0 Å². The number of aliphatic hydroxyl groups excluding tert-OH is 1. The monoisotopic (exact) mass is 357 g/mol. The largest absolute Gasteiger partial charge is 0.396 e. The highest BCUT2D eigenvalue weighted by Crippen LogP contribution is 2.38. The van der Waals surface area contributed by atoms with E-state index in [1.165, 1.54) is 19.3 Å². The third-order valence-electron chi connectivity index (χ3n) is 4.29. The van der Waals surface area contributed by atoms with Gasteiger partial charge in [0.1, 0.15) is 9.76 Å². The highest BCUT2D eigenvalue weighted by atomic mass is 79.9. The lowest BCUT2D eigenvalue weighted by atomic mass is 9.74. The van der Waals surface area contributed by atoms with E-state index in [1.807, 2.05) is 10.7 Å². The molecule has 1 N–H and O–H groups in total. The molecule has 0 amide bonds. The summed E-state index contributed by atoms with van der Waals surface area (Å²) in [5.41, 5.74) is 0.919. The van der Waals surface area contributed by atoms with Crippen LogP contribution in [0.25, 0.3) is 10.9 Å². The lowest BCUT2D eigenvalue weighted by Crippen LogP contribution is -2.33. The molecule has 1 aliphatic rings. The fourth-order valence-corrected chi connectivity index (χ4v) is 3.76. The molecular formula is C14H17BrClN3O. The molecule has 4 nitrogen and oxygen atoms in total. The van der Waals surface area contributed by atoms with Gasteiger partial charge in [0.25, 0.3) is 0 Å². The minimum atomic E-state index is -0.0492. The van der Waals surface area contributed by atoms with Gasteiger partial charge in [0, 0.05) is 24.2 Å². The van der Waals surface area contributed by atoms with Crippen molar-refractivity contribution in [2.75, 3.05) is 6.61 Å². The molecule has 0 saturated heterocycles. The molecule has 2 aromatic heterocycles. The standard InChI is InChI=1S/C14H17BrClN3O/c15-13-10-7-17-12(16)6-11(10)19(18-13)8-14(9-20)4-2-1-3-5-14/h6-7,20H,1-5,8-9H2. The number of pyridine rings is 1. The molecule has 0 atom stereocenters. The van der Waals surface area contributed by atoms with Crippen LogP contribution in [0, 0.1) is 5.41 Å². The summed E-state index contributed by atoms with van der Waals surface area (Å²) in [6.45, 7) is 0.941. The molecule has 108 valence electrons. The Bertz CT molecular complexity index is 622. The molecule has 1 saturated carbocycles. The molecule has 0 aliphatic heterocycles. The molecule has 2 aromatic rings. The van der Waals surface area contributed by atoms with Gasteiger partial charge >= 0.3 is 0 Å². The normalized spacial score (nSPS) is 18.6. The number of rotatable bonds is 3. The van der Waals surface area contributed by atoms with Crippen LogP contribution in [0.15, 0.2) is 16.9 Å². The molecule has 3 rings (SSSR count). The van der Waals surface area contributed by atoms with E-state index in [1.54, 1.807) is 6.20 Å². The fourth-order valence-electron chi connectivity index (χ4n) is 3.11. The van der Waals surface area contributed by atoms with Crippen molar-refractivity contribution in [1.82, 2.24) is 14.8 Å². The summed E-state index contributed by atoms with van der Waals surface area (Å²) >= 11 is 9.46. The molecule has 0 aromatic carbocycles. The molecule has 2 heterocycles.